The number of hydrogen-bond donors (Lipinski definition) is 2. The van der Waals surface area contributed by atoms with E-state index in [0.717, 1.165) is 50.1 Å². The number of phenols is 1. The Morgan fingerprint density at radius 2 is 0.978 bits per heavy atom. The Morgan fingerprint density at radius 1 is 0.565 bits per heavy atom. The van der Waals surface area contributed by atoms with Crippen molar-refractivity contribution in [2.24, 2.45) is 22.7 Å². The van der Waals surface area contributed by atoms with Crippen LogP contribution >= 0.6 is 31.9 Å². The van der Waals surface area contributed by atoms with Crippen LogP contribution in [0.2, 0.25) is 0 Å². The van der Waals surface area contributed by atoms with E-state index in [1.807, 2.05) is 24.3 Å². The number of aromatic hydroxyl groups is 1. The molecule has 5 heteroatoms. The number of aliphatic hydroxyl groups is 1. The van der Waals surface area contributed by atoms with E-state index in [4.69, 9.17) is 4.74 Å². The minimum absolute atomic E-state index is 0. The van der Waals surface area contributed by atoms with Crippen LogP contribution in [0, 0.1) is 22.7 Å². The van der Waals surface area contributed by atoms with Crippen molar-refractivity contribution in [2.75, 3.05) is 0 Å². The largest absolute Gasteiger partial charge is 0.508 e. The summed E-state index contributed by atoms with van der Waals surface area (Å²) in [6, 6.07) is 24.1. The maximum atomic E-state index is 9.29. The van der Waals surface area contributed by atoms with Gasteiger partial charge in [-0.1, -0.05) is 105 Å². The highest BCUT2D eigenvalue weighted by Crippen LogP contribution is 2.39. The van der Waals surface area contributed by atoms with Crippen LogP contribution in [0.1, 0.15) is 100 Å². The van der Waals surface area contributed by atoms with Crippen molar-refractivity contribution < 1.29 is 14.9 Å². The smallest absolute Gasteiger partial charge is 0.120 e. The van der Waals surface area contributed by atoms with Gasteiger partial charge in [0.15, 0.2) is 0 Å². The van der Waals surface area contributed by atoms with Gasteiger partial charge in [-0.25, -0.2) is 0 Å². The lowest BCUT2D eigenvalue weighted by Crippen LogP contribution is -2.30. The Kier molecular flexibility index (Phi) is 14.0. The van der Waals surface area contributed by atoms with Gasteiger partial charge in [-0.3, -0.25) is 0 Å². The molecule has 0 unspecified atom stereocenters. The zero-order valence-electron chi connectivity index (χ0n) is 28.0. The quantitative estimate of drug-likeness (QED) is 0.214. The predicted octanol–water partition coefficient (Wildman–Crippen LogP) is 13.1. The second-order valence-corrected chi connectivity index (χ2v) is 17.0. The third-order valence-electron chi connectivity index (χ3n) is 9.68. The molecule has 2 aliphatic rings. The van der Waals surface area contributed by atoms with E-state index in [1.54, 1.807) is 12.1 Å². The van der Waals surface area contributed by atoms with Gasteiger partial charge in [-0.2, -0.15) is 0 Å². The number of halogens is 2. The zero-order chi connectivity index (χ0) is 32.8. The average molecular weight is 757 g/mol. The molecular weight excluding hydrogens is 700 g/mol. The van der Waals surface area contributed by atoms with Gasteiger partial charge in [0.25, 0.3) is 0 Å². The molecule has 0 radical (unpaired) electrons. The van der Waals surface area contributed by atoms with E-state index in [-0.39, 0.29) is 13.5 Å². The summed E-state index contributed by atoms with van der Waals surface area (Å²) in [5, 5.41) is 23.1. The fraction of sp³-hybridized carbons (Fsp3) is 0.512. The first-order chi connectivity index (χ1) is 21.2. The molecule has 6 rings (SSSR count). The number of ether oxygens (including phenoxy) is 1. The number of fused-ring (bicyclic) bond motifs is 2. The monoisotopic (exact) mass is 754 g/mol. The van der Waals surface area contributed by atoms with Crippen LogP contribution in [0.4, 0.5) is 0 Å². The van der Waals surface area contributed by atoms with Crippen molar-refractivity contribution in [3.63, 3.8) is 0 Å². The molecular formula is C41H56Br2O3. The molecule has 0 heterocycles. The zero-order valence-corrected chi connectivity index (χ0v) is 31.1. The molecule has 252 valence electrons. The molecule has 0 spiro atoms. The van der Waals surface area contributed by atoms with Crippen LogP contribution in [0.15, 0.2) is 81.7 Å². The SMILES string of the molecule is C.CC(C)(C)C1CCC(O)CC1.CC(C)(C)C1CCC(Oc2ccc3cc(Br)ccc3c2)CC1.Oc1ccc2cc(Br)ccc2c1. The molecule has 0 atom stereocenters. The second-order valence-electron chi connectivity index (χ2n) is 15.2. The molecule has 2 aliphatic carbocycles. The number of hydrogen-bond acceptors (Lipinski definition) is 3. The Morgan fingerprint density at radius 3 is 1.48 bits per heavy atom. The molecule has 0 aromatic heterocycles. The lowest BCUT2D eigenvalue weighted by molar-refractivity contribution is 0.0725. The molecule has 2 N–H and O–H groups in total. The van der Waals surface area contributed by atoms with Crippen molar-refractivity contribution >= 4 is 53.4 Å². The van der Waals surface area contributed by atoms with Crippen LogP contribution in [0.3, 0.4) is 0 Å². The van der Waals surface area contributed by atoms with Gasteiger partial charge in [-0.05, 0) is 144 Å². The number of phenolic OH excluding ortho intramolecular Hbond substituents is 1. The highest BCUT2D eigenvalue weighted by Gasteiger charge is 2.30. The molecule has 4 aromatic rings. The van der Waals surface area contributed by atoms with Crippen LogP contribution in [-0.2, 0) is 0 Å². The topological polar surface area (TPSA) is 49.7 Å². The second kappa shape index (κ2) is 16.8. The Bertz CT molecular complexity index is 1480. The molecule has 0 bridgehead atoms. The molecule has 2 saturated carbocycles. The van der Waals surface area contributed by atoms with Crippen molar-refractivity contribution in [1.82, 2.24) is 0 Å². The van der Waals surface area contributed by atoms with Crippen LogP contribution in [0.25, 0.3) is 21.5 Å². The summed E-state index contributed by atoms with van der Waals surface area (Å²) in [5.41, 5.74) is 0.876. The lowest BCUT2D eigenvalue weighted by Gasteiger charge is -2.37. The molecule has 2 fully saturated rings. The summed E-state index contributed by atoms with van der Waals surface area (Å²) in [4.78, 5) is 0. The third-order valence-corrected chi connectivity index (χ3v) is 10.7. The first kappa shape index (κ1) is 38.4. The summed E-state index contributed by atoms with van der Waals surface area (Å²) in [6.07, 6.45) is 9.77. The van der Waals surface area contributed by atoms with Gasteiger partial charge in [0, 0.05) is 8.95 Å². The van der Waals surface area contributed by atoms with Gasteiger partial charge in [0.1, 0.15) is 11.5 Å². The predicted molar refractivity (Wildman–Crippen MR) is 205 cm³/mol. The number of rotatable bonds is 2. The fourth-order valence-corrected chi connectivity index (χ4v) is 7.41. The molecule has 46 heavy (non-hydrogen) atoms. The van der Waals surface area contributed by atoms with Gasteiger partial charge in [0.2, 0.25) is 0 Å². The first-order valence-corrected chi connectivity index (χ1v) is 18.2. The highest BCUT2D eigenvalue weighted by atomic mass is 79.9. The third kappa shape index (κ3) is 11.6. The van der Waals surface area contributed by atoms with Gasteiger partial charge in [0.05, 0.1) is 12.2 Å². The highest BCUT2D eigenvalue weighted by molar-refractivity contribution is 9.10. The summed E-state index contributed by atoms with van der Waals surface area (Å²) in [5.74, 6) is 2.98. The van der Waals surface area contributed by atoms with Gasteiger partial charge < -0.3 is 14.9 Å². The van der Waals surface area contributed by atoms with Crippen LogP contribution < -0.4 is 4.74 Å². The molecule has 3 nitrogen and oxygen atoms in total. The Hall–Kier alpha value is -2.08. The maximum Gasteiger partial charge on any atom is 0.120 e. The standard InChI is InChI=1S/C20H25BrO.C10H7BrO.C10H20O.CH4/c1-20(2,3)16-6-10-18(11-7-16)22-19-9-5-14-12-17(21)8-4-15(14)13-19;11-9-3-1-8-6-10(12)4-2-7(8)5-9;1-10(2,3)8-4-6-9(11)7-5-8;/h4-5,8-9,12-13,16,18H,6-7,10-11H2,1-3H3;1-6,12H;8-9,11H,4-7H2,1-3H3;1H4. The van der Waals surface area contributed by atoms with Gasteiger partial charge >= 0.3 is 0 Å². The van der Waals surface area contributed by atoms with E-state index in [2.05, 4.69) is 110 Å². The van der Waals surface area contributed by atoms with Crippen molar-refractivity contribution in [1.29, 1.82) is 0 Å². The van der Waals surface area contributed by atoms with E-state index in [9.17, 15) is 10.2 Å². The average Bonchev–Trinajstić information content (AvgIpc) is 2.98. The molecule has 0 saturated heterocycles. The van der Waals surface area contributed by atoms with E-state index >= 15 is 0 Å². The van der Waals surface area contributed by atoms with Crippen molar-refractivity contribution in [3.05, 3.63) is 81.7 Å². The number of benzene rings is 4. The van der Waals surface area contributed by atoms with Crippen LogP contribution in [0.5, 0.6) is 11.5 Å². The van der Waals surface area contributed by atoms with Crippen LogP contribution in [-0.4, -0.2) is 22.4 Å². The summed E-state index contributed by atoms with van der Waals surface area (Å²) >= 11 is 6.91. The Balaban J connectivity index is 0.000000204. The Labute approximate surface area is 295 Å². The molecule has 0 amide bonds. The van der Waals surface area contributed by atoms with Crippen molar-refractivity contribution in [3.8, 4) is 11.5 Å². The van der Waals surface area contributed by atoms with Crippen molar-refractivity contribution in [2.45, 2.75) is 113 Å². The lowest BCUT2D eigenvalue weighted by atomic mass is 9.72. The number of aliphatic hydroxyl groups excluding tert-OH is 1. The molecule has 4 aromatic carbocycles. The molecule has 0 aliphatic heterocycles. The van der Waals surface area contributed by atoms with E-state index in [1.165, 1.54) is 49.3 Å². The summed E-state index contributed by atoms with van der Waals surface area (Å²) in [6.45, 7) is 14.0. The summed E-state index contributed by atoms with van der Waals surface area (Å²) < 4.78 is 8.42. The van der Waals surface area contributed by atoms with E-state index < -0.39 is 0 Å². The van der Waals surface area contributed by atoms with Gasteiger partial charge in [-0.15, -0.1) is 0 Å². The fourth-order valence-electron chi connectivity index (χ4n) is 6.65. The minimum Gasteiger partial charge on any atom is -0.508 e. The first-order valence-electron chi connectivity index (χ1n) is 16.6. The maximum absolute atomic E-state index is 9.29. The van der Waals surface area contributed by atoms with E-state index in [0.29, 0.717) is 22.7 Å². The minimum atomic E-state index is -0.00593. The summed E-state index contributed by atoms with van der Waals surface area (Å²) in [7, 11) is 0. The normalized spacial score (nSPS) is 21.7.